The standard InChI is InChI=1S/C27H42N2O/c1-2-26-15-6-16-27(20-26,23-7-4-3-5-8-23)18-22(17-26)11-14-25(30)29-24-12-9-21(19-28)10-13-24/h3-5,7-8,21-22,24H,2,6,9-20,28H2,1H3,(H,29,30)/t21?,22?,24?,26?,27-/m1/s1. The van der Waals surface area contributed by atoms with Crippen molar-refractivity contribution in [3.63, 3.8) is 0 Å². The Morgan fingerprint density at radius 3 is 2.53 bits per heavy atom. The van der Waals surface area contributed by atoms with Crippen LogP contribution in [0.1, 0.15) is 96.0 Å². The number of carbonyl (C=O) groups is 1. The zero-order valence-electron chi connectivity index (χ0n) is 19.0. The topological polar surface area (TPSA) is 55.1 Å². The molecule has 3 saturated carbocycles. The molecule has 3 heteroatoms. The Bertz CT molecular complexity index is 696. The van der Waals surface area contributed by atoms with Gasteiger partial charge in [0.1, 0.15) is 0 Å². The van der Waals surface area contributed by atoms with Crippen molar-refractivity contribution in [2.24, 2.45) is 23.0 Å². The van der Waals surface area contributed by atoms with Gasteiger partial charge in [-0.2, -0.15) is 0 Å². The van der Waals surface area contributed by atoms with Crippen LogP contribution in [0.5, 0.6) is 0 Å². The zero-order valence-corrected chi connectivity index (χ0v) is 19.0. The van der Waals surface area contributed by atoms with Crippen LogP contribution < -0.4 is 11.1 Å². The molecule has 4 rings (SSSR count). The second-order valence-electron chi connectivity index (χ2n) is 10.9. The van der Waals surface area contributed by atoms with Gasteiger partial charge in [-0.3, -0.25) is 4.79 Å². The van der Waals surface area contributed by atoms with Crippen LogP contribution in [-0.2, 0) is 10.2 Å². The third-order valence-corrected chi connectivity index (χ3v) is 8.94. The summed E-state index contributed by atoms with van der Waals surface area (Å²) < 4.78 is 0. The van der Waals surface area contributed by atoms with Crippen LogP contribution >= 0.6 is 0 Å². The lowest BCUT2D eigenvalue weighted by atomic mass is 9.49. The van der Waals surface area contributed by atoms with E-state index in [0.717, 1.165) is 25.8 Å². The van der Waals surface area contributed by atoms with Gasteiger partial charge in [-0.15, -0.1) is 0 Å². The number of fused-ring (bicyclic) bond motifs is 2. The summed E-state index contributed by atoms with van der Waals surface area (Å²) in [7, 11) is 0. The van der Waals surface area contributed by atoms with E-state index in [-0.39, 0.29) is 5.91 Å². The van der Waals surface area contributed by atoms with E-state index in [2.05, 4.69) is 42.6 Å². The molecule has 0 saturated heterocycles. The van der Waals surface area contributed by atoms with Gasteiger partial charge in [0.25, 0.3) is 0 Å². The monoisotopic (exact) mass is 410 g/mol. The summed E-state index contributed by atoms with van der Waals surface area (Å²) in [4.78, 5) is 12.7. The fourth-order valence-corrected chi connectivity index (χ4v) is 7.27. The minimum Gasteiger partial charge on any atom is -0.353 e. The van der Waals surface area contributed by atoms with Gasteiger partial charge in [-0.05, 0) is 99.0 Å². The van der Waals surface area contributed by atoms with Crippen molar-refractivity contribution in [3.05, 3.63) is 35.9 Å². The number of rotatable bonds is 7. The molecule has 0 spiro atoms. The van der Waals surface area contributed by atoms with Crippen molar-refractivity contribution in [2.45, 2.75) is 102 Å². The smallest absolute Gasteiger partial charge is 0.220 e. The van der Waals surface area contributed by atoms with E-state index >= 15 is 0 Å². The molecule has 1 aromatic carbocycles. The molecule has 3 atom stereocenters. The maximum atomic E-state index is 12.7. The molecule has 1 aromatic rings. The Hall–Kier alpha value is -1.35. The van der Waals surface area contributed by atoms with E-state index in [9.17, 15) is 4.79 Å². The molecule has 3 aliphatic carbocycles. The van der Waals surface area contributed by atoms with Crippen molar-refractivity contribution in [1.29, 1.82) is 0 Å². The molecular weight excluding hydrogens is 368 g/mol. The first-order valence-corrected chi connectivity index (χ1v) is 12.6. The van der Waals surface area contributed by atoms with Crippen molar-refractivity contribution < 1.29 is 4.79 Å². The number of carbonyl (C=O) groups excluding carboxylic acids is 1. The number of hydrogen-bond acceptors (Lipinski definition) is 2. The molecule has 1 amide bonds. The summed E-state index contributed by atoms with van der Waals surface area (Å²) in [5.74, 6) is 1.62. The Labute approximate surface area is 183 Å². The van der Waals surface area contributed by atoms with Crippen molar-refractivity contribution in [3.8, 4) is 0 Å². The number of benzene rings is 1. The van der Waals surface area contributed by atoms with Crippen LogP contribution in [-0.4, -0.2) is 18.5 Å². The van der Waals surface area contributed by atoms with Crippen LogP contribution in [0.4, 0.5) is 0 Å². The van der Waals surface area contributed by atoms with E-state index in [1.165, 1.54) is 57.8 Å². The summed E-state index contributed by atoms with van der Waals surface area (Å²) >= 11 is 0. The molecule has 2 bridgehead atoms. The average molecular weight is 411 g/mol. The van der Waals surface area contributed by atoms with Crippen LogP contribution in [0.15, 0.2) is 30.3 Å². The molecule has 3 nitrogen and oxygen atoms in total. The van der Waals surface area contributed by atoms with Crippen molar-refractivity contribution in [1.82, 2.24) is 5.32 Å². The van der Waals surface area contributed by atoms with E-state index in [0.29, 0.717) is 35.1 Å². The zero-order chi connectivity index (χ0) is 21.0. The summed E-state index contributed by atoms with van der Waals surface area (Å²) in [6.45, 7) is 3.19. The Kier molecular flexibility index (Phi) is 6.87. The van der Waals surface area contributed by atoms with E-state index in [1.807, 2.05) is 0 Å². The van der Waals surface area contributed by atoms with E-state index < -0.39 is 0 Å². The van der Waals surface area contributed by atoms with Crippen LogP contribution in [0, 0.1) is 17.3 Å². The number of amides is 1. The second kappa shape index (κ2) is 9.42. The maximum absolute atomic E-state index is 12.7. The first kappa shape index (κ1) is 21.9. The minimum absolute atomic E-state index is 0.279. The van der Waals surface area contributed by atoms with E-state index in [4.69, 9.17) is 5.73 Å². The Balaban J connectivity index is 1.36. The highest BCUT2D eigenvalue weighted by molar-refractivity contribution is 5.76. The molecular formula is C27H42N2O. The molecule has 0 heterocycles. The number of nitrogens with two attached hydrogens (primary N) is 1. The molecule has 0 aromatic heterocycles. The molecule has 3 N–H and O–H groups in total. The van der Waals surface area contributed by atoms with E-state index in [1.54, 1.807) is 5.56 Å². The van der Waals surface area contributed by atoms with Gasteiger partial charge in [-0.1, -0.05) is 50.1 Å². The predicted molar refractivity (Wildman–Crippen MR) is 124 cm³/mol. The molecule has 166 valence electrons. The number of hydrogen-bond donors (Lipinski definition) is 2. The third kappa shape index (κ3) is 4.77. The van der Waals surface area contributed by atoms with Crippen LogP contribution in [0.25, 0.3) is 0 Å². The minimum atomic E-state index is 0.279. The highest BCUT2D eigenvalue weighted by Gasteiger charge is 2.50. The summed E-state index contributed by atoms with van der Waals surface area (Å²) in [6, 6.07) is 11.7. The van der Waals surface area contributed by atoms with Crippen molar-refractivity contribution >= 4 is 5.91 Å². The highest BCUT2D eigenvalue weighted by atomic mass is 16.1. The normalized spacial score (nSPS) is 36.3. The molecule has 0 aliphatic heterocycles. The van der Waals surface area contributed by atoms with Crippen LogP contribution in [0.2, 0.25) is 0 Å². The first-order valence-electron chi connectivity index (χ1n) is 12.6. The molecule has 3 aliphatic rings. The lowest BCUT2D eigenvalue weighted by Crippen LogP contribution is -2.46. The van der Waals surface area contributed by atoms with Gasteiger partial charge in [-0.25, -0.2) is 0 Å². The Morgan fingerprint density at radius 2 is 1.83 bits per heavy atom. The second-order valence-corrected chi connectivity index (χ2v) is 10.9. The molecule has 0 radical (unpaired) electrons. The van der Waals surface area contributed by atoms with Gasteiger partial charge < -0.3 is 11.1 Å². The first-order chi connectivity index (χ1) is 14.6. The maximum Gasteiger partial charge on any atom is 0.220 e. The quantitative estimate of drug-likeness (QED) is 0.604. The van der Waals surface area contributed by atoms with Gasteiger partial charge in [0.2, 0.25) is 5.91 Å². The lowest BCUT2D eigenvalue weighted by molar-refractivity contribution is -0.122. The molecule has 2 unspecified atom stereocenters. The molecule has 30 heavy (non-hydrogen) atoms. The van der Waals surface area contributed by atoms with Gasteiger partial charge >= 0.3 is 0 Å². The average Bonchev–Trinajstić information content (AvgIpc) is 2.78. The van der Waals surface area contributed by atoms with Gasteiger partial charge in [0.15, 0.2) is 0 Å². The number of nitrogens with one attached hydrogen (secondary N) is 1. The fourth-order valence-electron chi connectivity index (χ4n) is 7.27. The summed E-state index contributed by atoms with van der Waals surface area (Å²) in [6.07, 6.45) is 15.6. The van der Waals surface area contributed by atoms with Gasteiger partial charge in [0, 0.05) is 12.5 Å². The Morgan fingerprint density at radius 1 is 1.07 bits per heavy atom. The largest absolute Gasteiger partial charge is 0.353 e. The van der Waals surface area contributed by atoms with Gasteiger partial charge in [0.05, 0.1) is 0 Å². The third-order valence-electron chi connectivity index (χ3n) is 8.94. The predicted octanol–water partition coefficient (Wildman–Crippen LogP) is 5.72. The highest BCUT2D eigenvalue weighted by Crippen LogP contribution is 2.60. The summed E-state index contributed by atoms with van der Waals surface area (Å²) in [5, 5.41) is 3.34. The molecule has 3 fully saturated rings. The lowest BCUT2D eigenvalue weighted by Gasteiger charge is -2.55. The summed E-state index contributed by atoms with van der Waals surface area (Å²) in [5.41, 5.74) is 8.19. The fraction of sp³-hybridized carbons (Fsp3) is 0.741. The van der Waals surface area contributed by atoms with Crippen molar-refractivity contribution in [2.75, 3.05) is 6.54 Å². The SMILES string of the molecule is CCC12CCC[C@@](c3ccccc3)(CC(CCC(=O)NC3CCC(CN)CC3)C1)C2. The van der Waals surface area contributed by atoms with Crippen LogP contribution in [0.3, 0.4) is 0 Å².